The van der Waals surface area contributed by atoms with E-state index in [1.165, 1.54) is 0 Å². The molecule has 0 bridgehead atoms. The quantitative estimate of drug-likeness (QED) is 0.778. The number of rotatable bonds is 4. The van der Waals surface area contributed by atoms with Crippen LogP contribution in [-0.4, -0.2) is 17.7 Å². The van der Waals surface area contributed by atoms with Gasteiger partial charge in [-0.2, -0.15) is 0 Å². The Labute approximate surface area is 111 Å². The summed E-state index contributed by atoms with van der Waals surface area (Å²) in [6.45, 7) is 0. The van der Waals surface area contributed by atoms with Crippen LogP contribution in [0.3, 0.4) is 0 Å². The first-order valence-corrected chi connectivity index (χ1v) is 6.23. The lowest BCUT2D eigenvalue weighted by molar-refractivity contribution is -0.138. The van der Waals surface area contributed by atoms with Crippen molar-refractivity contribution in [3.8, 4) is 0 Å². The van der Waals surface area contributed by atoms with Crippen LogP contribution in [0.25, 0.3) is 0 Å². The molecular formula is C14H16N2O3. The van der Waals surface area contributed by atoms with Crippen LogP contribution in [0.2, 0.25) is 0 Å². The summed E-state index contributed by atoms with van der Waals surface area (Å²) in [5.41, 5.74) is 5.17. The van der Waals surface area contributed by atoms with Crippen molar-refractivity contribution in [3.05, 3.63) is 35.9 Å². The predicted octanol–water partition coefficient (Wildman–Crippen LogP) is 0.626. The Morgan fingerprint density at radius 2 is 1.95 bits per heavy atom. The number of carbonyl (C=O) groups excluding carboxylic acids is 3. The van der Waals surface area contributed by atoms with Gasteiger partial charge in [-0.3, -0.25) is 19.7 Å². The molecule has 1 aliphatic heterocycles. The van der Waals surface area contributed by atoms with E-state index in [0.29, 0.717) is 12.8 Å². The van der Waals surface area contributed by atoms with Crippen molar-refractivity contribution in [2.45, 2.75) is 31.1 Å². The molecule has 1 aromatic carbocycles. The zero-order valence-electron chi connectivity index (χ0n) is 10.5. The minimum Gasteiger partial charge on any atom is -0.370 e. The topological polar surface area (TPSA) is 89.3 Å². The first kappa shape index (κ1) is 13.3. The summed E-state index contributed by atoms with van der Waals surface area (Å²) in [6, 6.07) is 9.22. The molecule has 1 aliphatic rings. The molecule has 1 unspecified atom stereocenters. The third-order valence-electron chi connectivity index (χ3n) is 3.59. The Balaban J connectivity index is 2.35. The van der Waals surface area contributed by atoms with Crippen molar-refractivity contribution in [3.63, 3.8) is 0 Å². The van der Waals surface area contributed by atoms with Gasteiger partial charge in [0.2, 0.25) is 17.7 Å². The number of nitrogens with two attached hydrogens (primary N) is 1. The fourth-order valence-corrected chi connectivity index (χ4v) is 2.50. The van der Waals surface area contributed by atoms with Gasteiger partial charge in [0.05, 0.1) is 5.41 Å². The lowest BCUT2D eigenvalue weighted by Gasteiger charge is -2.35. The molecule has 19 heavy (non-hydrogen) atoms. The van der Waals surface area contributed by atoms with E-state index in [4.69, 9.17) is 5.73 Å². The van der Waals surface area contributed by atoms with Gasteiger partial charge in [-0.15, -0.1) is 0 Å². The van der Waals surface area contributed by atoms with Gasteiger partial charge in [-0.1, -0.05) is 30.3 Å². The number of hydrogen-bond donors (Lipinski definition) is 2. The Morgan fingerprint density at radius 1 is 1.26 bits per heavy atom. The van der Waals surface area contributed by atoms with E-state index in [1.54, 1.807) is 0 Å². The number of nitrogens with one attached hydrogen (secondary N) is 1. The van der Waals surface area contributed by atoms with Gasteiger partial charge >= 0.3 is 0 Å². The number of carbonyl (C=O) groups is 3. The second-order valence-corrected chi connectivity index (χ2v) is 4.79. The van der Waals surface area contributed by atoms with Crippen LogP contribution in [0, 0.1) is 0 Å². The van der Waals surface area contributed by atoms with Crippen LogP contribution in [0.1, 0.15) is 31.2 Å². The van der Waals surface area contributed by atoms with Crippen LogP contribution < -0.4 is 11.1 Å². The van der Waals surface area contributed by atoms with E-state index in [1.807, 2.05) is 30.3 Å². The van der Waals surface area contributed by atoms with Crippen LogP contribution in [0.5, 0.6) is 0 Å². The van der Waals surface area contributed by atoms with Crippen molar-refractivity contribution < 1.29 is 14.4 Å². The van der Waals surface area contributed by atoms with E-state index < -0.39 is 11.3 Å². The molecular weight excluding hydrogens is 244 g/mol. The van der Waals surface area contributed by atoms with Gasteiger partial charge in [0.15, 0.2) is 0 Å². The SMILES string of the molecule is NC(=O)CCC1(c2ccccc2)CCC(=O)NC1=O. The third kappa shape index (κ3) is 2.65. The summed E-state index contributed by atoms with van der Waals surface area (Å²) in [4.78, 5) is 34.6. The smallest absolute Gasteiger partial charge is 0.237 e. The molecule has 0 aromatic heterocycles. The highest BCUT2D eigenvalue weighted by Crippen LogP contribution is 2.36. The van der Waals surface area contributed by atoms with Gasteiger partial charge in [-0.25, -0.2) is 0 Å². The van der Waals surface area contributed by atoms with E-state index in [0.717, 1.165) is 5.56 Å². The lowest BCUT2D eigenvalue weighted by atomic mass is 9.70. The lowest BCUT2D eigenvalue weighted by Crippen LogP contribution is -2.51. The summed E-state index contributed by atoms with van der Waals surface area (Å²) in [6.07, 6.45) is 1.14. The number of primary amides is 1. The summed E-state index contributed by atoms with van der Waals surface area (Å²) in [5, 5.41) is 2.36. The zero-order valence-corrected chi connectivity index (χ0v) is 10.5. The van der Waals surface area contributed by atoms with E-state index in [9.17, 15) is 14.4 Å². The summed E-state index contributed by atoms with van der Waals surface area (Å²) < 4.78 is 0. The molecule has 1 heterocycles. The molecule has 3 N–H and O–H groups in total. The Morgan fingerprint density at radius 3 is 2.53 bits per heavy atom. The van der Waals surface area contributed by atoms with Gasteiger partial charge in [-0.05, 0) is 18.4 Å². The van der Waals surface area contributed by atoms with E-state index in [2.05, 4.69) is 5.32 Å². The van der Waals surface area contributed by atoms with Crippen LogP contribution >= 0.6 is 0 Å². The molecule has 3 amide bonds. The maximum absolute atomic E-state index is 12.3. The van der Waals surface area contributed by atoms with Crippen molar-refractivity contribution in [2.24, 2.45) is 5.73 Å². The number of benzene rings is 1. The Bertz CT molecular complexity index is 513. The highest BCUT2D eigenvalue weighted by Gasteiger charge is 2.43. The normalized spacial score (nSPS) is 22.9. The molecule has 5 nitrogen and oxygen atoms in total. The first-order chi connectivity index (χ1) is 9.04. The molecule has 5 heteroatoms. The predicted molar refractivity (Wildman–Crippen MR) is 68.9 cm³/mol. The summed E-state index contributed by atoms with van der Waals surface area (Å²) >= 11 is 0. The minimum absolute atomic E-state index is 0.122. The largest absolute Gasteiger partial charge is 0.370 e. The van der Waals surface area contributed by atoms with Crippen LogP contribution in [0.15, 0.2) is 30.3 Å². The monoisotopic (exact) mass is 260 g/mol. The molecule has 2 rings (SSSR count). The number of hydrogen-bond acceptors (Lipinski definition) is 3. The molecule has 0 spiro atoms. The molecule has 0 radical (unpaired) electrons. The van der Waals surface area contributed by atoms with Crippen LogP contribution in [-0.2, 0) is 19.8 Å². The molecule has 1 atom stereocenters. The average molecular weight is 260 g/mol. The average Bonchev–Trinajstić information content (AvgIpc) is 2.39. The molecule has 0 aliphatic carbocycles. The van der Waals surface area contributed by atoms with Gasteiger partial charge in [0.25, 0.3) is 0 Å². The summed E-state index contributed by atoms with van der Waals surface area (Å²) in [5.74, 6) is -1.05. The van der Waals surface area contributed by atoms with Crippen molar-refractivity contribution in [2.75, 3.05) is 0 Å². The van der Waals surface area contributed by atoms with Gasteiger partial charge in [0, 0.05) is 12.8 Å². The van der Waals surface area contributed by atoms with Crippen molar-refractivity contribution in [1.29, 1.82) is 0 Å². The fourth-order valence-electron chi connectivity index (χ4n) is 2.50. The number of piperidine rings is 1. The zero-order chi connectivity index (χ0) is 13.9. The molecule has 100 valence electrons. The number of amides is 3. The second kappa shape index (κ2) is 5.22. The maximum Gasteiger partial charge on any atom is 0.237 e. The summed E-state index contributed by atoms with van der Waals surface area (Å²) in [7, 11) is 0. The van der Waals surface area contributed by atoms with Crippen molar-refractivity contribution in [1.82, 2.24) is 5.32 Å². The second-order valence-electron chi connectivity index (χ2n) is 4.79. The molecule has 1 saturated heterocycles. The molecule has 1 aromatic rings. The standard InChI is InChI=1S/C14H16N2O3/c15-11(17)6-8-14(10-4-2-1-3-5-10)9-7-12(18)16-13(14)19/h1-5H,6-9H2,(H2,15,17)(H,16,18,19). The maximum atomic E-state index is 12.3. The highest BCUT2D eigenvalue weighted by atomic mass is 16.2. The Hall–Kier alpha value is -2.17. The van der Waals surface area contributed by atoms with Crippen molar-refractivity contribution >= 4 is 17.7 Å². The third-order valence-corrected chi connectivity index (χ3v) is 3.59. The van der Waals surface area contributed by atoms with E-state index >= 15 is 0 Å². The first-order valence-electron chi connectivity index (χ1n) is 6.23. The molecule has 0 saturated carbocycles. The van der Waals surface area contributed by atoms with Crippen LogP contribution in [0.4, 0.5) is 0 Å². The highest BCUT2D eigenvalue weighted by molar-refractivity contribution is 6.03. The van der Waals surface area contributed by atoms with Gasteiger partial charge < -0.3 is 5.73 Å². The molecule has 1 fully saturated rings. The Kier molecular flexibility index (Phi) is 3.64. The minimum atomic E-state index is -0.829. The number of imide groups is 1. The fraction of sp³-hybridized carbons (Fsp3) is 0.357. The van der Waals surface area contributed by atoms with Gasteiger partial charge in [0.1, 0.15) is 0 Å². The van der Waals surface area contributed by atoms with E-state index in [-0.39, 0.29) is 24.7 Å².